The molecule has 0 spiro atoms. The molecule has 4 rings (SSSR count). The highest BCUT2D eigenvalue weighted by Crippen LogP contribution is 2.34. The normalized spacial score (nSPS) is 24.1. The summed E-state index contributed by atoms with van der Waals surface area (Å²) < 4.78 is 32.8. The van der Waals surface area contributed by atoms with Gasteiger partial charge < -0.3 is 31.3 Å². The topological polar surface area (TPSA) is 194 Å². The molecule has 3 aliphatic carbocycles. The Morgan fingerprint density at radius 1 is 0.904 bits per heavy atom. The number of nitrogens with zero attached hydrogens (tertiary/aromatic N) is 1. The molecule has 0 radical (unpaired) electrons. The third kappa shape index (κ3) is 12.1. The summed E-state index contributed by atoms with van der Waals surface area (Å²) in [7, 11) is -3.45. The molecule has 296 valence electrons. The summed E-state index contributed by atoms with van der Waals surface area (Å²) in [5, 5.41) is 8.81. The van der Waals surface area contributed by atoms with Gasteiger partial charge in [-0.2, -0.15) is 0 Å². The molecule has 0 aromatic rings. The second-order valence-corrected chi connectivity index (χ2v) is 19.7. The molecule has 1 unspecified atom stereocenters. The first-order valence-electron chi connectivity index (χ1n) is 19.8. The Morgan fingerprint density at radius 2 is 1.54 bits per heavy atom. The standard InChI is InChI=1S/C38H65N5O8S/c1-25(2)17-20-52(49,50)24-38(18-10-7-11-19-38)42-36(48)41-31(27-15-8-6-9-16-27)35(47)43-23-28(51-37(3,4)5)22-30(43)34(46)40-29(32(44)33(39)45)21-26-13-12-14-26/h25-31H,6-24H2,1-5H3,(H2,39,45)(H,40,46)(H2,41,42,48)/t28-,29?,30+,31+/m1/s1. The van der Waals surface area contributed by atoms with Crippen LogP contribution < -0.4 is 21.7 Å². The van der Waals surface area contributed by atoms with Crippen LogP contribution in [-0.4, -0.2) is 96.3 Å². The van der Waals surface area contributed by atoms with Crippen LogP contribution in [0.3, 0.4) is 0 Å². The molecule has 0 aromatic heterocycles. The van der Waals surface area contributed by atoms with Crippen LogP contribution in [0.2, 0.25) is 0 Å². The molecule has 4 aliphatic rings. The van der Waals surface area contributed by atoms with E-state index in [9.17, 15) is 32.4 Å². The molecule has 5 amide bonds. The van der Waals surface area contributed by atoms with Gasteiger partial charge in [0.15, 0.2) is 9.84 Å². The summed E-state index contributed by atoms with van der Waals surface area (Å²) in [5.41, 5.74) is 3.88. The number of nitrogens with two attached hydrogens (primary N) is 1. The number of amides is 5. The number of carbonyl (C=O) groups excluding carboxylic acids is 5. The van der Waals surface area contributed by atoms with Gasteiger partial charge in [-0.15, -0.1) is 0 Å². The number of Topliss-reactive ketones (excluding diaryl/α,β-unsaturated/α-hetero) is 1. The van der Waals surface area contributed by atoms with E-state index < -0.39 is 74.7 Å². The van der Waals surface area contributed by atoms with E-state index in [0.717, 1.165) is 57.8 Å². The molecule has 0 bridgehead atoms. The number of ketones is 1. The zero-order valence-electron chi connectivity index (χ0n) is 32.2. The lowest BCUT2D eigenvalue weighted by molar-refractivity contribution is -0.143. The molecule has 4 fully saturated rings. The van der Waals surface area contributed by atoms with Crippen molar-refractivity contribution in [3.63, 3.8) is 0 Å². The Kier molecular flexibility index (Phi) is 14.6. The number of hydrogen-bond acceptors (Lipinski definition) is 8. The SMILES string of the molecule is CC(C)CCS(=O)(=O)CC1(NC(=O)N[C@H](C(=O)N2C[C@H](OC(C)(C)C)C[C@H]2C(=O)NC(CC2CCC2)C(=O)C(N)=O)C2CCCCC2)CCCCC1. The third-order valence-electron chi connectivity index (χ3n) is 11.4. The van der Waals surface area contributed by atoms with Crippen LogP contribution in [0.25, 0.3) is 0 Å². The highest BCUT2D eigenvalue weighted by molar-refractivity contribution is 7.91. The van der Waals surface area contributed by atoms with Crippen molar-refractivity contribution >= 4 is 39.4 Å². The fourth-order valence-corrected chi connectivity index (χ4v) is 10.7. The van der Waals surface area contributed by atoms with Gasteiger partial charge in [0.1, 0.15) is 12.1 Å². The Labute approximate surface area is 311 Å². The van der Waals surface area contributed by atoms with E-state index in [1.54, 1.807) is 0 Å². The Morgan fingerprint density at radius 3 is 2.10 bits per heavy atom. The van der Waals surface area contributed by atoms with Crippen LogP contribution in [0.1, 0.15) is 137 Å². The molecule has 3 saturated carbocycles. The van der Waals surface area contributed by atoms with Crippen LogP contribution in [0, 0.1) is 17.8 Å². The van der Waals surface area contributed by atoms with Crippen molar-refractivity contribution in [2.24, 2.45) is 23.5 Å². The van der Waals surface area contributed by atoms with Crippen molar-refractivity contribution in [1.29, 1.82) is 0 Å². The molecule has 1 aliphatic heterocycles. The zero-order chi connectivity index (χ0) is 38.3. The van der Waals surface area contributed by atoms with Gasteiger partial charge in [0.25, 0.3) is 5.91 Å². The van der Waals surface area contributed by atoms with Crippen molar-refractivity contribution in [3.8, 4) is 0 Å². The molecule has 52 heavy (non-hydrogen) atoms. The maximum atomic E-state index is 14.7. The smallest absolute Gasteiger partial charge is 0.315 e. The Balaban J connectivity index is 1.58. The number of rotatable bonds is 16. The predicted molar refractivity (Wildman–Crippen MR) is 199 cm³/mol. The lowest BCUT2D eigenvalue weighted by Crippen LogP contribution is -2.62. The van der Waals surface area contributed by atoms with Crippen molar-refractivity contribution < 1.29 is 37.1 Å². The van der Waals surface area contributed by atoms with Gasteiger partial charge in [0.2, 0.25) is 17.6 Å². The van der Waals surface area contributed by atoms with Crippen molar-refractivity contribution in [1.82, 2.24) is 20.9 Å². The molecular weight excluding hydrogens is 687 g/mol. The average molecular weight is 752 g/mol. The number of ether oxygens (including phenoxy) is 1. The van der Waals surface area contributed by atoms with Crippen molar-refractivity contribution in [2.75, 3.05) is 18.1 Å². The number of urea groups is 1. The maximum Gasteiger partial charge on any atom is 0.315 e. The minimum atomic E-state index is -3.45. The summed E-state index contributed by atoms with van der Waals surface area (Å²) >= 11 is 0. The maximum absolute atomic E-state index is 14.7. The number of carbonyl (C=O) groups is 5. The number of hydrogen-bond donors (Lipinski definition) is 4. The quantitative estimate of drug-likeness (QED) is 0.171. The minimum Gasteiger partial charge on any atom is -0.371 e. The highest BCUT2D eigenvalue weighted by Gasteiger charge is 2.47. The van der Waals surface area contributed by atoms with Crippen LogP contribution >= 0.6 is 0 Å². The first-order chi connectivity index (χ1) is 24.4. The Bertz CT molecular complexity index is 1380. The van der Waals surface area contributed by atoms with E-state index in [2.05, 4.69) is 16.0 Å². The van der Waals surface area contributed by atoms with Gasteiger partial charge in [-0.05, 0) is 77.0 Å². The number of nitrogens with one attached hydrogen (secondary N) is 3. The van der Waals surface area contributed by atoms with E-state index in [1.165, 1.54) is 4.90 Å². The number of sulfone groups is 1. The predicted octanol–water partition coefficient (Wildman–Crippen LogP) is 3.91. The molecule has 13 nitrogen and oxygen atoms in total. The van der Waals surface area contributed by atoms with E-state index in [4.69, 9.17) is 10.5 Å². The van der Waals surface area contributed by atoms with Crippen LogP contribution in [0.15, 0.2) is 0 Å². The van der Waals surface area contributed by atoms with Gasteiger partial charge in [-0.25, -0.2) is 13.2 Å². The van der Waals surface area contributed by atoms with Crippen molar-refractivity contribution in [2.45, 2.75) is 173 Å². The summed E-state index contributed by atoms with van der Waals surface area (Å²) in [6, 6.07) is -3.63. The van der Waals surface area contributed by atoms with E-state index in [-0.39, 0.29) is 42.2 Å². The van der Waals surface area contributed by atoms with Gasteiger partial charge in [-0.3, -0.25) is 19.2 Å². The number of primary amides is 1. The summed E-state index contributed by atoms with van der Waals surface area (Å²) in [6.07, 6.45) is 11.2. The molecule has 0 aromatic carbocycles. The second-order valence-electron chi connectivity index (χ2n) is 17.5. The first-order valence-corrected chi connectivity index (χ1v) is 21.6. The van der Waals surface area contributed by atoms with Crippen LogP contribution in [0.5, 0.6) is 0 Å². The zero-order valence-corrected chi connectivity index (χ0v) is 33.0. The molecule has 1 heterocycles. The van der Waals surface area contributed by atoms with E-state index in [1.807, 2.05) is 34.6 Å². The van der Waals surface area contributed by atoms with Crippen LogP contribution in [0.4, 0.5) is 4.79 Å². The molecule has 5 N–H and O–H groups in total. The largest absolute Gasteiger partial charge is 0.371 e. The van der Waals surface area contributed by atoms with Gasteiger partial charge in [0, 0.05) is 13.0 Å². The lowest BCUT2D eigenvalue weighted by atomic mass is 9.80. The van der Waals surface area contributed by atoms with Crippen molar-refractivity contribution in [3.05, 3.63) is 0 Å². The monoisotopic (exact) mass is 751 g/mol. The summed E-state index contributed by atoms with van der Waals surface area (Å²) in [5.74, 6) is -2.79. The van der Waals surface area contributed by atoms with Gasteiger partial charge in [-0.1, -0.05) is 71.6 Å². The molecule has 4 atom stereocenters. The summed E-state index contributed by atoms with van der Waals surface area (Å²) in [4.78, 5) is 68.9. The molecule has 14 heteroatoms. The first kappa shape index (κ1) is 42.0. The van der Waals surface area contributed by atoms with Gasteiger partial charge in [0.05, 0.1) is 34.8 Å². The molecule has 1 saturated heterocycles. The highest BCUT2D eigenvalue weighted by atomic mass is 32.2. The lowest BCUT2D eigenvalue weighted by Gasteiger charge is -2.39. The van der Waals surface area contributed by atoms with E-state index in [0.29, 0.717) is 38.5 Å². The fraction of sp³-hybridized carbons (Fsp3) is 0.868. The number of likely N-dealkylation sites (tertiary alicyclic amines) is 1. The van der Waals surface area contributed by atoms with Crippen LogP contribution in [-0.2, 0) is 33.8 Å². The van der Waals surface area contributed by atoms with E-state index >= 15 is 0 Å². The summed E-state index contributed by atoms with van der Waals surface area (Å²) in [6.45, 7) is 9.77. The molecular formula is C38H65N5O8S. The van der Waals surface area contributed by atoms with Gasteiger partial charge >= 0.3 is 6.03 Å². The second kappa shape index (κ2) is 18.1. The average Bonchev–Trinajstić information content (AvgIpc) is 3.46. The Hall–Kier alpha value is -2.74. The fourth-order valence-electron chi connectivity index (χ4n) is 8.50. The third-order valence-corrected chi connectivity index (χ3v) is 13.3. The minimum absolute atomic E-state index is 0.0572.